The molecule has 2 aliphatic rings. The van der Waals surface area contributed by atoms with Crippen molar-refractivity contribution in [2.45, 2.75) is 56.1 Å². The second-order valence-electron chi connectivity index (χ2n) is 6.12. The second-order valence-corrected chi connectivity index (χ2v) is 8.62. The smallest absolute Gasteiger partial charge is 0.229 e. The van der Waals surface area contributed by atoms with Crippen LogP contribution in [0, 0.1) is 17.4 Å². The Labute approximate surface area is 149 Å². The van der Waals surface area contributed by atoms with Crippen molar-refractivity contribution in [2.24, 2.45) is 5.92 Å². The number of nitrogens with zero attached hydrogens (tertiary/aromatic N) is 2. The number of hydrogen-bond acceptors (Lipinski definition) is 6. The Balaban J connectivity index is 1.52. The fourth-order valence-corrected chi connectivity index (χ4v) is 5.49. The Kier molecular flexibility index (Phi) is 5.67. The maximum Gasteiger partial charge on any atom is 0.229 e. The van der Waals surface area contributed by atoms with E-state index in [1.54, 1.807) is 0 Å². The number of halogens is 1. The number of nitrogens with one attached hydrogen (secondary N) is 2. The molecular weight excluding hydrogens is 352 g/mol. The highest BCUT2D eigenvalue weighted by Gasteiger charge is 2.35. The summed E-state index contributed by atoms with van der Waals surface area (Å²) in [6.07, 6.45) is 9.60. The van der Waals surface area contributed by atoms with E-state index in [4.69, 9.17) is 16.9 Å². The Bertz CT molecular complexity index is 603. The van der Waals surface area contributed by atoms with Crippen molar-refractivity contribution in [1.82, 2.24) is 9.71 Å². The van der Waals surface area contributed by atoms with E-state index in [9.17, 15) is 4.79 Å². The van der Waals surface area contributed by atoms with Crippen molar-refractivity contribution in [1.29, 1.82) is 5.26 Å². The van der Waals surface area contributed by atoms with Crippen LogP contribution in [0.25, 0.3) is 0 Å². The maximum absolute atomic E-state index is 12.2. The third-order valence-corrected chi connectivity index (χ3v) is 7.01. The molecule has 0 saturated heterocycles. The van der Waals surface area contributed by atoms with Gasteiger partial charge in [-0.3, -0.25) is 9.52 Å². The van der Waals surface area contributed by atoms with Crippen LogP contribution in [0.15, 0.2) is 0 Å². The number of thiazole rings is 1. The molecule has 2 N–H and O–H groups in total. The first-order chi connectivity index (χ1) is 11.2. The van der Waals surface area contributed by atoms with Gasteiger partial charge in [-0.1, -0.05) is 42.2 Å². The molecule has 0 aromatic carbocycles. The van der Waals surface area contributed by atoms with Crippen LogP contribution in [-0.2, 0) is 4.79 Å². The molecule has 5 nitrogen and oxygen atoms in total. The van der Waals surface area contributed by atoms with Crippen LogP contribution in [0.3, 0.4) is 0 Å². The van der Waals surface area contributed by atoms with E-state index >= 15 is 0 Å². The van der Waals surface area contributed by atoms with Crippen LogP contribution >= 0.6 is 34.9 Å². The SMILES string of the molecule is N#CNS[C@H]1C[C@H](C(=O)Nc2nc(Cl)c(C3CCCCC3)s2)C1. The minimum atomic E-state index is 0.00815. The zero-order valence-corrected chi connectivity index (χ0v) is 15.1. The average molecular weight is 371 g/mol. The summed E-state index contributed by atoms with van der Waals surface area (Å²) in [7, 11) is 0. The fourth-order valence-electron chi connectivity index (χ4n) is 3.18. The third kappa shape index (κ3) is 4.11. The van der Waals surface area contributed by atoms with Crippen molar-refractivity contribution >= 4 is 45.9 Å². The molecule has 8 heteroatoms. The van der Waals surface area contributed by atoms with Gasteiger partial charge < -0.3 is 5.32 Å². The van der Waals surface area contributed by atoms with Gasteiger partial charge in [-0.05, 0) is 43.5 Å². The summed E-state index contributed by atoms with van der Waals surface area (Å²) in [6.45, 7) is 0. The van der Waals surface area contributed by atoms with Crippen LogP contribution in [0.4, 0.5) is 5.13 Å². The Morgan fingerprint density at radius 3 is 2.78 bits per heavy atom. The molecular formula is C15H19ClN4OS2. The molecule has 2 saturated carbocycles. The van der Waals surface area contributed by atoms with Gasteiger partial charge in [0.05, 0.1) is 0 Å². The molecule has 0 unspecified atom stereocenters. The van der Waals surface area contributed by atoms with E-state index in [1.165, 1.54) is 55.4 Å². The van der Waals surface area contributed by atoms with Gasteiger partial charge in [0.1, 0.15) is 5.15 Å². The summed E-state index contributed by atoms with van der Waals surface area (Å²) in [6, 6.07) is 0. The molecule has 0 bridgehead atoms. The van der Waals surface area contributed by atoms with E-state index in [-0.39, 0.29) is 11.8 Å². The fraction of sp³-hybridized carbons (Fsp3) is 0.667. The first kappa shape index (κ1) is 16.9. The van der Waals surface area contributed by atoms with Gasteiger partial charge in [0.15, 0.2) is 11.3 Å². The van der Waals surface area contributed by atoms with E-state index in [1.807, 2.05) is 6.19 Å². The van der Waals surface area contributed by atoms with Gasteiger partial charge >= 0.3 is 0 Å². The van der Waals surface area contributed by atoms with Crippen molar-refractivity contribution in [2.75, 3.05) is 5.32 Å². The molecule has 2 fully saturated rings. The number of aromatic nitrogens is 1. The summed E-state index contributed by atoms with van der Waals surface area (Å²) in [5.74, 6) is 0.522. The Hall–Kier alpha value is -0.970. The maximum atomic E-state index is 12.2. The third-order valence-electron chi connectivity index (χ3n) is 4.55. The number of nitriles is 1. The largest absolute Gasteiger partial charge is 0.302 e. The molecule has 3 rings (SSSR count). The molecule has 1 heterocycles. The molecule has 23 heavy (non-hydrogen) atoms. The number of carbonyl (C=O) groups excluding carboxylic acids is 1. The molecule has 1 amide bonds. The first-order valence-corrected chi connectivity index (χ1v) is 10.0. The predicted molar refractivity (Wildman–Crippen MR) is 94.4 cm³/mol. The van der Waals surface area contributed by atoms with Crippen LogP contribution < -0.4 is 10.0 Å². The monoisotopic (exact) mass is 370 g/mol. The van der Waals surface area contributed by atoms with Crippen LogP contribution in [-0.4, -0.2) is 16.1 Å². The number of amides is 1. The average Bonchev–Trinajstić information content (AvgIpc) is 2.87. The number of rotatable bonds is 5. The van der Waals surface area contributed by atoms with Gasteiger partial charge in [0, 0.05) is 16.0 Å². The van der Waals surface area contributed by atoms with Crippen molar-refractivity contribution in [3.63, 3.8) is 0 Å². The van der Waals surface area contributed by atoms with Crippen molar-refractivity contribution in [3.8, 4) is 6.19 Å². The molecule has 1 aromatic heterocycles. The Morgan fingerprint density at radius 2 is 2.09 bits per heavy atom. The highest BCUT2D eigenvalue weighted by Crippen LogP contribution is 2.41. The van der Waals surface area contributed by atoms with Gasteiger partial charge in [-0.15, -0.1) is 0 Å². The highest BCUT2D eigenvalue weighted by atomic mass is 35.5. The zero-order valence-electron chi connectivity index (χ0n) is 12.7. The molecule has 0 atom stereocenters. The minimum absolute atomic E-state index is 0.00815. The molecule has 1 aromatic rings. The van der Waals surface area contributed by atoms with E-state index in [2.05, 4.69) is 15.0 Å². The lowest BCUT2D eigenvalue weighted by molar-refractivity contribution is -0.121. The summed E-state index contributed by atoms with van der Waals surface area (Å²) in [5, 5.41) is 12.9. The van der Waals surface area contributed by atoms with Crippen LogP contribution in [0.2, 0.25) is 5.15 Å². The van der Waals surface area contributed by atoms with E-state index < -0.39 is 0 Å². The highest BCUT2D eigenvalue weighted by molar-refractivity contribution is 7.98. The summed E-state index contributed by atoms with van der Waals surface area (Å²) >= 11 is 9.19. The van der Waals surface area contributed by atoms with Crippen LogP contribution in [0.1, 0.15) is 55.7 Å². The number of carbonyl (C=O) groups is 1. The van der Waals surface area contributed by atoms with E-state index in [0.29, 0.717) is 21.5 Å². The molecule has 0 spiro atoms. The quantitative estimate of drug-likeness (QED) is 0.459. The van der Waals surface area contributed by atoms with Gasteiger partial charge in [-0.25, -0.2) is 4.98 Å². The van der Waals surface area contributed by atoms with Crippen molar-refractivity contribution in [3.05, 3.63) is 10.0 Å². The standard InChI is InChI=1S/C15H19ClN4OS2/c16-13-12(9-4-2-1-3-5-9)22-15(19-13)20-14(21)10-6-11(7-10)23-18-8-17/h9-11,18H,1-7H2,(H,19,20,21)/t10-,11-. The molecule has 0 aliphatic heterocycles. The molecule has 0 radical (unpaired) electrons. The minimum Gasteiger partial charge on any atom is -0.302 e. The van der Waals surface area contributed by atoms with Crippen molar-refractivity contribution < 1.29 is 4.79 Å². The normalized spacial score (nSPS) is 24.5. The van der Waals surface area contributed by atoms with Gasteiger partial charge in [0.2, 0.25) is 5.91 Å². The number of anilines is 1. The Morgan fingerprint density at radius 1 is 1.35 bits per heavy atom. The first-order valence-electron chi connectivity index (χ1n) is 7.94. The lowest BCUT2D eigenvalue weighted by Crippen LogP contribution is -2.37. The zero-order chi connectivity index (χ0) is 16.2. The summed E-state index contributed by atoms with van der Waals surface area (Å²) in [4.78, 5) is 17.7. The lowest BCUT2D eigenvalue weighted by Gasteiger charge is -2.32. The summed E-state index contributed by atoms with van der Waals surface area (Å²) < 4.78 is 2.57. The topological polar surface area (TPSA) is 77.8 Å². The van der Waals surface area contributed by atoms with E-state index in [0.717, 1.165) is 17.7 Å². The van der Waals surface area contributed by atoms with Gasteiger partial charge in [-0.2, -0.15) is 5.26 Å². The number of hydrogen-bond donors (Lipinski definition) is 2. The molecule has 124 valence electrons. The van der Waals surface area contributed by atoms with Gasteiger partial charge in [0.25, 0.3) is 0 Å². The lowest BCUT2D eigenvalue weighted by atomic mass is 9.84. The van der Waals surface area contributed by atoms with Crippen LogP contribution in [0.5, 0.6) is 0 Å². The second kappa shape index (κ2) is 7.73. The molecule has 2 aliphatic carbocycles. The predicted octanol–water partition coefficient (Wildman–Crippen LogP) is 4.28. The summed E-state index contributed by atoms with van der Waals surface area (Å²) in [5.41, 5.74) is 0.